The quantitative estimate of drug-likeness (QED) is 0.317. The Morgan fingerprint density at radius 1 is 0.897 bits per heavy atom. The molecule has 0 aliphatic rings. The van der Waals surface area contributed by atoms with Crippen LogP contribution < -0.4 is 9.62 Å². The van der Waals surface area contributed by atoms with Crippen LogP contribution in [0.1, 0.15) is 48.9 Å². The van der Waals surface area contributed by atoms with Gasteiger partial charge in [0.15, 0.2) is 0 Å². The van der Waals surface area contributed by atoms with Gasteiger partial charge in [0.05, 0.1) is 10.6 Å². The molecular formula is C31H39N3O4S. The van der Waals surface area contributed by atoms with E-state index >= 15 is 0 Å². The van der Waals surface area contributed by atoms with Crippen molar-refractivity contribution in [1.82, 2.24) is 10.2 Å². The van der Waals surface area contributed by atoms with Crippen LogP contribution in [-0.2, 0) is 26.2 Å². The van der Waals surface area contributed by atoms with E-state index < -0.39 is 28.5 Å². The second kappa shape index (κ2) is 13.4. The van der Waals surface area contributed by atoms with Crippen molar-refractivity contribution in [2.75, 3.05) is 17.4 Å². The number of unbranched alkanes of at least 4 members (excludes halogenated alkanes) is 1. The van der Waals surface area contributed by atoms with E-state index in [9.17, 15) is 18.0 Å². The maximum absolute atomic E-state index is 14.0. The number of aryl methyl sites for hydroxylation is 3. The fourth-order valence-electron chi connectivity index (χ4n) is 4.33. The molecule has 0 radical (unpaired) electrons. The molecule has 7 nitrogen and oxygen atoms in total. The summed E-state index contributed by atoms with van der Waals surface area (Å²) in [6.07, 6.45) is 1.77. The lowest BCUT2D eigenvalue weighted by Crippen LogP contribution is -2.51. The summed E-state index contributed by atoms with van der Waals surface area (Å²) in [5, 5.41) is 2.90. The Balaban J connectivity index is 2.02. The van der Waals surface area contributed by atoms with E-state index in [2.05, 4.69) is 5.32 Å². The van der Waals surface area contributed by atoms with Crippen molar-refractivity contribution in [1.29, 1.82) is 0 Å². The molecule has 39 heavy (non-hydrogen) atoms. The summed E-state index contributed by atoms with van der Waals surface area (Å²) >= 11 is 0. The minimum atomic E-state index is -4.09. The van der Waals surface area contributed by atoms with Gasteiger partial charge in [0, 0.05) is 13.1 Å². The number of hydrogen-bond acceptors (Lipinski definition) is 4. The summed E-state index contributed by atoms with van der Waals surface area (Å²) in [4.78, 5) is 28.5. The first-order chi connectivity index (χ1) is 18.5. The summed E-state index contributed by atoms with van der Waals surface area (Å²) in [6, 6.07) is 20.6. The third-order valence-corrected chi connectivity index (χ3v) is 8.48. The van der Waals surface area contributed by atoms with Gasteiger partial charge in [0.1, 0.15) is 12.6 Å². The molecule has 2 amide bonds. The van der Waals surface area contributed by atoms with Gasteiger partial charge in [-0.25, -0.2) is 8.42 Å². The van der Waals surface area contributed by atoms with E-state index in [1.54, 1.807) is 37.3 Å². The van der Waals surface area contributed by atoms with Crippen molar-refractivity contribution >= 4 is 27.5 Å². The van der Waals surface area contributed by atoms with Crippen LogP contribution in [0.3, 0.4) is 0 Å². The fraction of sp³-hybridized carbons (Fsp3) is 0.355. The molecule has 0 bridgehead atoms. The molecule has 0 aliphatic heterocycles. The van der Waals surface area contributed by atoms with E-state index in [-0.39, 0.29) is 17.3 Å². The van der Waals surface area contributed by atoms with Crippen molar-refractivity contribution < 1.29 is 18.0 Å². The van der Waals surface area contributed by atoms with Crippen molar-refractivity contribution in [2.45, 2.75) is 64.9 Å². The minimum absolute atomic E-state index is 0.0980. The molecule has 3 aromatic carbocycles. The van der Waals surface area contributed by atoms with Gasteiger partial charge in [-0.1, -0.05) is 79.1 Å². The Kier molecular flexibility index (Phi) is 10.3. The molecule has 0 fully saturated rings. The highest BCUT2D eigenvalue weighted by Crippen LogP contribution is 2.28. The van der Waals surface area contributed by atoms with Crippen molar-refractivity contribution in [3.63, 3.8) is 0 Å². The highest BCUT2D eigenvalue weighted by molar-refractivity contribution is 7.92. The van der Waals surface area contributed by atoms with Crippen molar-refractivity contribution in [3.8, 4) is 0 Å². The normalized spacial score (nSPS) is 12.0. The second-order valence-electron chi connectivity index (χ2n) is 9.94. The molecule has 1 N–H and O–H groups in total. The predicted molar refractivity (Wildman–Crippen MR) is 156 cm³/mol. The zero-order valence-corrected chi connectivity index (χ0v) is 24.3. The van der Waals surface area contributed by atoms with E-state index in [4.69, 9.17) is 0 Å². The average molecular weight is 550 g/mol. The van der Waals surface area contributed by atoms with E-state index in [1.165, 1.54) is 4.90 Å². The van der Waals surface area contributed by atoms with E-state index in [1.807, 2.05) is 70.2 Å². The smallest absolute Gasteiger partial charge is 0.264 e. The number of benzene rings is 3. The highest BCUT2D eigenvalue weighted by Gasteiger charge is 2.33. The third-order valence-electron chi connectivity index (χ3n) is 6.70. The first-order valence-corrected chi connectivity index (χ1v) is 14.8. The van der Waals surface area contributed by atoms with Crippen LogP contribution in [0.25, 0.3) is 0 Å². The van der Waals surface area contributed by atoms with Gasteiger partial charge in [-0.3, -0.25) is 13.9 Å². The molecule has 0 saturated carbocycles. The molecule has 0 unspecified atom stereocenters. The fourth-order valence-corrected chi connectivity index (χ4v) is 5.81. The molecule has 0 spiro atoms. The number of amides is 2. The molecular weight excluding hydrogens is 510 g/mol. The number of sulfonamides is 1. The summed E-state index contributed by atoms with van der Waals surface area (Å²) in [7, 11) is -4.09. The number of nitrogens with one attached hydrogen (secondary N) is 1. The largest absolute Gasteiger partial charge is 0.354 e. The molecule has 0 aliphatic carbocycles. The predicted octanol–water partition coefficient (Wildman–Crippen LogP) is 5.14. The maximum Gasteiger partial charge on any atom is 0.264 e. The number of carbonyl (C=O) groups is 2. The van der Waals surface area contributed by atoms with Crippen molar-refractivity contribution in [3.05, 3.63) is 95.1 Å². The molecule has 0 saturated heterocycles. The highest BCUT2D eigenvalue weighted by atomic mass is 32.2. The summed E-state index contributed by atoms with van der Waals surface area (Å²) in [5.74, 6) is -0.736. The number of nitrogens with zero attached hydrogens (tertiary/aromatic N) is 2. The van der Waals surface area contributed by atoms with Gasteiger partial charge in [0.25, 0.3) is 10.0 Å². The molecule has 1 atom stereocenters. The Labute approximate surface area is 232 Å². The Morgan fingerprint density at radius 3 is 2.15 bits per heavy atom. The van der Waals surface area contributed by atoms with Crippen LogP contribution in [0.15, 0.2) is 77.7 Å². The van der Waals surface area contributed by atoms with Crippen LogP contribution in [0.4, 0.5) is 5.69 Å². The molecule has 8 heteroatoms. The Bertz CT molecular complexity index is 1370. The van der Waals surface area contributed by atoms with Crippen LogP contribution >= 0.6 is 0 Å². The van der Waals surface area contributed by atoms with Crippen LogP contribution in [0, 0.1) is 20.8 Å². The number of rotatable bonds is 12. The number of anilines is 1. The Hall–Kier alpha value is -3.65. The molecule has 0 aromatic heterocycles. The number of carbonyl (C=O) groups excluding carboxylic acids is 2. The van der Waals surface area contributed by atoms with Gasteiger partial charge in [-0.15, -0.1) is 0 Å². The second-order valence-corrected chi connectivity index (χ2v) is 11.8. The van der Waals surface area contributed by atoms with Gasteiger partial charge in [-0.05, 0) is 63.4 Å². The van der Waals surface area contributed by atoms with E-state index in [0.29, 0.717) is 12.2 Å². The third kappa shape index (κ3) is 7.69. The summed E-state index contributed by atoms with van der Waals surface area (Å²) in [5.41, 5.74) is 3.92. The molecule has 3 aromatic rings. The topological polar surface area (TPSA) is 86.8 Å². The summed E-state index contributed by atoms with van der Waals surface area (Å²) < 4.78 is 29.1. The van der Waals surface area contributed by atoms with Gasteiger partial charge in [0.2, 0.25) is 11.8 Å². The average Bonchev–Trinajstić information content (AvgIpc) is 2.91. The zero-order valence-electron chi connectivity index (χ0n) is 23.5. The van der Waals surface area contributed by atoms with Crippen LogP contribution in [-0.4, -0.2) is 44.3 Å². The van der Waals surface area contributed by atoms with Crippen molar-refractivity contribution in [2.24, 2.45) is 0 Å². The van der Waals surface area contributed by atoms with Crippen LogP contribution in [0.5, 0.6) is 0 Å². The molecule has 3 rings (SSSR count). The van der Waals surface area contributed by atoms with Gasteiger partial charge < -0.3 is 10.2 Å². The maximum atomic E-state index is 14.0. The standard InChI is InChI=1S/C31H39N3O4S/c1-6-7-19-32-31(36)26(5)33(21-27-11-9-8-10-12-27)30(35)22-34(29-18-15-24(3)20-25(29)4)39(37,38)28-16-13-23(2)14-17-28/h8-18,20,26H,6-7,19,21-22H2,1-5H3,(H,32,36)/t26-/m0/s1. The van der Waals surface area contributed by atoms with Crippen LogP contribution in [0.2, 0.25) is 0 Å². The first kappa shape index (κ1) is 29.9. The monoisotopic (exact) mass is 549 g/mol. The lowest BCUT2D eigenvalue weighted by molar-refractivity contribution is -0.139. The Morgan fingerprint density at radius 2 is 1.54 bits per heavy atom. The first-order valence-electron chi connectivity index (χ1n) is 13.3. The van der Waals surface area contributed by atoms with E-state index in [0.717, 1.165) is 39.4 Å². The number of hydrogen-bond donors (Lipinski definition) is 1. The molecule has 208 valence electrons. The minimum Gasteiger partial charge on any atom is -0.354 e. The SMILES string of the molecule is CCCCNC(=O)[C@H](C)N(Cc1ccccc1)C(=O)CN(c1ccc(C)cc1C)S(=O)(=O)c1ccc(C)cc1. The summed E-state index contributed by atoms with van der Waals surface area (Å²) in [6.45, 7) is 9.61. The lowest BCUT2D eigenvalue weighted by Gasteiger charge is -2.32. The molecule has 0 heterocycles. The van der Waals surface area contributed by atoms with Gasteiger partial charge in [-0.2, -0.15) is 0 Å². The lowest BCUT2D eigenvalue weighted by atomic mass is 10.1. The van der Waals surface area contributed by atoms with Gasteiger partial charge >= 0.3 is 0 Å². The zero-order chi connectivity index (χ0) is 28.6.